The summed E-state index contributed by atoms with van der Waals surface area (Å²) in [5.74, 6) is 0. The molecule has 3 rings (SSSR count). The van der Waals surface area contributed by atoms with Gasteiger partial charge in [-0.2, -0.15) is 4.80 Å². The van der Waals surface area contributed by atoms with Gasteiger partial charge in [-0.25, -0.2) is 0 Å². The maximum atomic E-state index is 11.6. The summed E-state index contributed by atoms with van der Waals surface area (Å²) in [6, 6.07) is 7.88. The standard InChI is InChI=1S/C22H31N3O/c1-7-20(3,4)16-13-17(15-22(26,14-16)21(5,6)8-2)25-23-18-11-9-10-12-19(18)24-25/h9-14,26H,7-8,15H2,1-6H3. The van der Waals surface area contributed by atoms with Crippen molar-refractivity contribution in [2.24, 2.45) is 10.8 Å². The third-order valence-corrected chi connectivity index (χ3v) is 6.43. The van der Waals surface area contributed by atoms with Crippen molar-refractivity contribution in [3.05, 3.63) is 42.0 Å². The molecule has 1 unspecified atom stereocenters. The van der Waals surface area contributed by atoms with E-state index < -0.39 is 5.60 Å². The van der Waals surface area contributed by atoms with E-state index in [1.165, 1.54) is 0 Å². The Hall–Kier alpha value is -1.94. The number of fused-ring (bicyclic) bond motifs is 1. The number of hydrogen-bond acceptors (Lipinski definition) is 3. The molecule has 26 heavy (non-hydrogen) atoms. The van der Waals surface area contributed by atoms with Crippen LogP contribution in [0.4, 0.5) is 0 Å². The number of aliphatic hydroxyl groups is 1. The summed E-state index contributed by atoms with van der Waals surface area (Å²) in [6.45, 7) is 13.0. The number of hydrogen-bond donors (Lipinski definition) is 1. The van der Waals surface area contributed by atoms with Crippen LogP contribution in [0.1, 0.15) is 60.8 Å². The molecule has 1 aliphatic carbocycles. The molecule has 4 heteroatoms. The van der Waals surface area contributed by atoms with E-state index in [-0.39, 0.29) is 10.8 Å². The van der Waals surface area contributed by atoms with Crippen LogP contribution < -0.4 is 0 Å². The van der Waals surface area contributed by atoms with E-state index in [1.807, 2.05) is 24.3 Å². The highest BCUT2D eigenvalue weighted by molar-refractivity contribution is 5.74. The number of nitrogens with zero attached hydrogens (tertiary/aromatic N) is 3. The van der Waals surface area contributed by atoms with Crippen LogP contribution in [0.3, 0.4) is 0 Å². The monoisotopic (exact) mass is 353 g/mol. The maximum absolute atomic E-state index is 11.6. The molecule has 1 aromatic heterocycles. The lowest BCUT2D eigenvalue weighted by atomic mass is 9.65. The minimum absolute atomic E-state index is 0.0178. The smallest absolute Gasteiger partial charge is 0.113 e. The van der Waals surface area contributed by atoms with Crippen molar-refractivity contribution in [1.82, 2.24) is 15.0 Å². The predicted molar refractivity (Wildman–Crippen MR) is 108 cm³/mol. The van der Waals surface area contributed by atoms with Crippen molar-refractivity contribution < 1.29 is 5.11 Å². The van der Waals surface area contributed by atoms with E-state index in [0.29, 0.717) is 6.42 Å². The van der Waals surface area contributed by atoms with E-state index in [1.54, 1.807) is 4.80 Å². The molecular formula is C22H31N3O. The minimum Gasteiger partial charge on any atom is -0.385 e. The summed E-state index contributed by atoms with van der Waals surface area (Å²) in [7, 11) is 0. The van der Waals surface area contributed by atoms with Crippen LogP contribution >= 0.6 is 0 Å². The van der Waals surface area contributed by atoms with Gasteiger partial charge in [-0.15, -0.1) is 10.2 Å². The van der Waals surface area contributed by atoms with Crippen molar-refractivity contribution >= 4 is 16.7 Å². The molecule has 2 aromatic rings. The third-order valence-electron chi connectivity index (χ3n) is 6.43. The van der Waals surface area contributed by atoms with Gasteiger partial charge in [0.05, 0.1) is 11.3 Å². The first kappa shape index (κ1) is 18.8. The first-order valence-corrected chi connectivity index (χ1v) is 9.60. The zero-order valence-electron chi connectivity index (χ0n) is 16.9. The van der Waals surface area contributed by atoms with Crippen LogP contribution in [0.5, 0.6) is 0 Å². The maximum Gasteiger partial charge on any atom is 0.113 e. The topological polar surface area (TPSA) is 50.9 Å². The quantitative estimate of drug-likeness (QED) is 0.803. The lowest BCUT2D eigenvalue weighted by molar-refractivity contribution is -0.0257. The van der Waals surface area contributed by atoms with Gasteiger partial charge in [0.2, 0.25) is 0 Å². The molecule has 1 heterocycles. The normalized spacial score (nSPS) is 21.7. The summed E-state index contributed by atoms with van der Waals surface area (Å²) in [6.07, 6.45) is 6.66. The molecule has 1 aliphatic rings. The van der Waals surface area contributed by atoms with Crippen LogP contribution in [0.15, 0.2) is 42.0 Å². The largest absolute Gasteiger partial charge is 0.385 e. The lowest BCUT2D eigenvalue weighted by Gasteiger charge is -2.44. The fraction of sp³-hybridized carbons (Fsp3) is 0.545. The van der Waals surface area contributed by atoms with Gasteiger partial charge in [0.1, 0.15) is 11.0 Å². The molecule has 0 bridgehead atoms. The fourth-order valence-corrected chi connectivity index (χ4v) is 3.31. The average molecular weight is 354 g/mol. The molecule has 0 radical (unpaired) electrons. The second-order valence-electron chi connectivity index (χ2n) is 8.79. The molecule has 0 amide bonds. The van der Waals surface area contributed by atoms with Crippen LogP contribution in [0.2, 0.25) is 0 Å². The zero-order valence-corrected chi connectivity index (χ0v) is 16.9. The Morgan fingerprint density at radius 2 is 1.62 bits per heavy atom. The van der Waals surface area contributed by atoms with E-state index in [0.717, 1.165) is 35.1 Å². The third kappa shape index (κ3) is 3.11. The van der Waals surface area contributed by atoms with Gasteiger partial charge >= 0.3 is 0 Å². The summed E-state index contributed by atoms with van der Waals surface area (Å²) in [5, 5.41) is 21.0. The molecule has 0 saturated heterocycles. The second-order valence-corrected chi connectivity index (χ2v) is 8.79. The van der Waals surface area contributed by atoms with Crippen molar-refractivity contribution in [2.45, 2.75) is 66.4 Å². The zero-order chi connectivity index (χ0) is 19.2. The van der Waals surface area contributed by atoms with Crippen LogP contribution in [-0.4, -0.2) is 25.7 Å². The number of aromatic nitrogens is 3. The van der Waals surface area contributed by atoms with Crippen LogP contribution in [-0.2, 0) is 0 Å². The second kappa shape index (κ2) is 6.34. The Bertz CT molecular complexity index is 839. The predicted octanol–water partition coefficient (Wildman–Crippen LogP) is 5.21. The molecule has 1 atom stereocenters. The van der Waals surface area contributed by atoms with Gasteiger partial charge < -0.3 is 5.11 Å². The molecule has 0 saturated carbocycles. The number of rotatable bonds is 5. The Labute approximate surface area is 156 Å². The first-order valence-electron chi connectivity index (χ1n) is 9.60. The Kier molecular flexibility index (Phi) is 4.60. The Balaban J connectivity index is 2.14. The van der Waals surface area contributed by atoms with Crippen molar-refractivity contribution in [3.63, 3.8) is 0 Å². The minimum atomic E-state index is -0.923. The summed E-state index contributed by atoms with van der Waals surface area (Å²) < 4.78 is 0. The van der Waals surface area contributed by atoms with Gasteiger partial charge in [-0.1, -0.05) is 53.7 Å². The molecule has 140 valence electrons. The van der Waals surface area contributed by atoms with Crippen molar-refractivity contribution in [3.8, 4) is 0 Å². The van der Waals surface area contributed by atoms with Crippen LogP contribution in [0, 0.1) is 10.8 Å². The van der Waals surface area contributed by atoms with Crippen LogP contribution in [0.25, 0.3) is 16.7 Å². The molecular weight excluding hydrogens is 322 g/mol. The Morgan fingerprint density at radius 1 is 1.04 bits per heavy atom. The van der Waals surface area contributed by atoms with Crippen molar-refractivity contribution in [1.29, 1.82) is 0 Å². The highest BCUT2D eigenvalue weighted by Gasteiger charge is 2.44. The molecule has 0 spiro atoms. The van der Waals surface area contributed by atoms with E-state index in [9.17, 15) is 5.11 Å². The molecule has 0 fully saturated rings. The van der Waals surface area contributed by atoms with E-state index in [4.69, 9.17) is 0 Å². The average Bonchev–Trinajstić information content (AvgIpc) is 3.05. The highest BCUT2D eigenvalue weighted by atomic mass is 16.3. The van der Waals surface area contributed by atoms with Gasteiger partial charge in [-0.3, -0.25) is 0 Å². The molecule has 4 nitrogen and oxygen atoms in total. The number of benzene rings is 1. The van der Waals surface area contributed by atoms with Crippen molar-refractivity contribution in [2.75, 3.05) is 0 Å². The highest BCUT2D eigenvalue weighted by Crippen LogP contribution is 2.47. The summed E-state index contributed by atoms with van der Waals surface area (Å²) in [5.41, 5.74) is 2.67. The van der Waals surface area contributed by atoms with Gasteiger partial charge in [-0.05, 0) is 53.5 Å². The van der Waals surface area contributed by atoms with Gasteiger partial charge in [0.15, 0.2) is 0 Å². The SMILES string of the molecule is CCC(C)(C)C1=CC(O)(C(C)(C)CC)CC(n2nc3ccccc3n2)=C1. The Morgan fingerprint density at radius 3 is 2.12 bits per heavy atom. The molecule has 1 N–H and O–H groups in total. The molecule has 1 aromatic carbocycles. The van der Waals surface area contributed by atoms with Gasteiger partial charge in [0.25, 0.3) is 0 Å². The fourth-order valence-electron chi connectivity index (χ4n) is 3.31. The molecule has 0 aliphatic heterocycles. The lowest BCUT2D eigenvalue weighted by Crippen LogP contribution is -2.45. The van der Waals surface area contributed by atoms with E-state index >= 15 is 0 Å². The van der Waals surface area contributed by atoms with E-state index in [2.05, 4.69) is 63.9 Å². The number of allylic oxidation sites excluding steroid dienone is 2. The first-order chi connectivity index (χ1) is 12.1. The summed E-state index contributed by atoms with van der Waals surface area (Å²) in [4.78, 5) is 1.71. The van der Waals surface area contributed by atoms with Gasteiger partial charge in [0, 0.05) is 6.42 Å². The summed E-state index contributed by atoms with van der Waals surface area (Å²) >= 11 is 0.